The van der Waals surface area contributed by atoms with Crippen molar-refractivity contribution in [1.29, 1.82) is 0 Å². The molecule has 0 radical (unpaired) electrons. The number of hydrogen-bond acceptors (Lipinski definition) is 4. The molecule has 1 unspecified atom stereocenters. The lowest BCUT2D eigenvalue weighted by Crippen LogP contribution is -2.42. The van der Waals surface area contributed by atoms with Crippen LogP contribution in [0.5, 0.6) is 5.75 Å². The van der Waals surface area contributed by atoms with Gasteiger partial charge in [-0.25, -0.2) is 4.98 Å². The quantitative estimate of drug-likeness (QED) is 0.793. The number of nitrogens with zero attached hydrogens (tertiary/aromatic N) is 1. The SMILES string of the molecule is COc1cccnc1NC(C)(C)C(C)O. The first-order valence-corrected chi connectivity index (χ1v) is 4.92. The molecule has 1 heterocycles. The van der Waals surface area contributed by atoms with E-state index in [1.165, 1.54) is 0 Å². The highest BCUT2D eigenvalue weighted by molar-refractivity contribution is 5.51. The fourth-order valence-electron chi connectivity index (χ4n) is 1.06. The van der Waals surface area contributed by atoms with Crippen LogP contribution < -0.4 is 10.1 Å². The van der Waals surface area contributed by atoms with Crippen LogP contribution in [-0.4, -0.2) is 28.8 Å². The zero-order valence-corrected chi connectivity index (χ0v) is 9.61. The van der Waals surface area contributed by atoms with Crippen LogP contribution in [-0.2, 0) is 0 Å². The van der Waals surface area contributed by atoms with Gasteiger partial charge in [0.15, 0.2) is 11.6 Å². The average Bonchev–Trinajstić information content (AvgIpc) is 2.18. The minimum absolute atomic E-state index is 0.443. The Morgan fingerprint density at radius 1 is 1.53 bits per heavy atom. The molecule has 0 aliphatic rings. The third-order valence-electron chi connectivity index (χ3n) is 2.48. The van der Waals surface area contributed by atoms with E-state index in [0.29, 0.717) is 11.6 Å². The smallest absolute Gasteiger partial charge is 0.169 e. The highest BCUT2D eigenvalue weighted by Gasteiger charge is 2.25. The minimum atomic E-state index is -0.482. The summed E-state index contributed by atoms with van der Waals surface area (Å²) in [5, 5.41) is 12.7. The molecule has 1 aromatic rings. The van der Waals surface area contributed by atoms with Gasteiger partial charge in [-0.2, -0.15) is 0 Å². The summed E-state index contributed by atoms with van der Waals surface area (Å²) in [5.41, 5.74) is -0.443. The van der Waals surface area contributed by atoms with Crippen LogP contribution in [0.15, 0.2) is 18.3 Å². The molecule has 15 heavy (non-hydrogen) atoms. The van der Waals surface area contributed by atoms with Gasteiger partial charge in [0.05, 0.1) is 18.8 Å². The molecule has 0 amide bonds. The van der Waals surface area contributed by atoms with Gasteiger partial charge >= 0.3 is 0 Å². The molecule has 4 heteroatoms. The highest BCUT2D eigenvalue weighted by atomic mass is 16.5. The van der Waals surface area contributed by atoms with Crippen LogP contribution >= 0.6 is 0 Å². The molecule has 1 rings (SSSR count). The zero-order valence-electron chi connectivity index (χ0n) is 9.61. The van der Waals surface area contributed by atoms with Gasteiger partial charge in [0.2, 0.25) is 0 Å². The Morgan fingerprint density at radius 3 is 2.73 bits per heavy atom. The summed E-state index contributed by atoms with van der Waals surface area (Å²) in [6, 6.07) is 3.63. The predicted octanol–water partition coefficient (Wildman–Crippen LogP) is 1.66. The van der Waals surface area contributed by atoms with Gasteiger partial charge in [-0.3, -0.25) is 0 Å². The van der Waals surface area contributed by atoms with Crippen molar-refractivity contribution < 1.29 is 9.84 Å². The summed E-state index contributed by atoms with van der Waals surface area (Å²) in [6.45, 7) is 5.56. The Kier molecular flexibility index (Phi) is 3.52. The van der Waals surface area contributed by atoms with E-state index in [4.69, 9.17) is 4.74 Å². The lowest BCUT2D eigenvalue weighted by Gasteiger charge is -2.30. The molecule has 0 aliphatic heterocycles. The summed E-state index contributed by atoms with van der Waals surface area (Å²) < 4.78 is 5.16. The summed E-state index contributed by atoms with van der Waals surface area (Å²) in [6.07, 6.45) is 1.20. The van der Waals surface area contributed by atoms with Crippen molar-refractivity contribution in [3.8, 4) is 5.75 Å². The third kappa shape index (κ3) is 2.83. The van der Waals surface area contributed by atoms with Crippen LogP contribution in [0.2, 0.25) is 0 Å². The number of hydrogen-bond donors (Lipinski definition) is 2. The molecule has 1 atom stereocenters. The van der Waals surface area contributed by atoms with Gasteiger partial charge in [0.25, 0.3) is 0 Å². The second kappa shape index (κ2) is 4.49. The fraction of sp³-hybridized carbons (Fsp3) is 0.545. The van der Waals surface area contributed by atoms with E-state index in [0.717, 1.165) is 0 Å². The van der Waals surface area contributed by atoms with E-state index in [1.54, 1.807) is 26.3 Å². The number of aromatic nitrogens is 1. The minimum Gasteiger partial charge on any atom is -0.493 e. The van der Waals surface area contributed by atoms with Crippen molar-refractivity contribution in [2.45, 2.75) is 32.4 Å². The van der Waals surface area contributed by atoms with Crippen molar-refractivity contribution in [3.05, 3.63) is 18.3 Å². The first-order chi connectivity index (χ1) is 6.97. The number of pyridine rings is 1. The molecule has 0 aliphatic carbocycles. The molecule has 0 bridgehead atoms. The van der Waals surface area contributed by atoms with Gasteiger partial charge in [-0.15, -0.1) is 0 Å². The largest absolute Gasteiger partial charge is 0.493 e. The fourth-order valence-corrected chi connectivity index (χ4v) is 1.06. The van der Waals surface area contributed by atoms with Crippen molar-refractivity contribution in [1.82, 2.24) is 4.98 Å². The molecule has 0 saturated carbocycles. The van der Waals surface area contributed by atoms with Crippen molar-refractivity contribution >= 4 is 5.82 Å². The predicted molar refractivity (Wildman–Crippen MR) is 60.2 cm³/mol. The number of anilines is 1. The van der Waals surface area contributed by atoms with Crippen molar-refractivity contribution in [2.75, 3.05) is 12.4 Å². The molecular formula is C11H18N2O2. The number of rotatable bonds is 4. The van der Waals surface area contributed by atoms with E-state index in [9.17, 15) is 5.11 Å². The number of nitrogens with one attached hydrogen (secondary N) is 1. The third-order valence-corrected chi connectivity index (χ3v) is 2.48. The molecule has 0 saturated heterocycles. The highest BCUT2D eigenvalue weighted by Crippen LogP contribution is 2.25. The second-order valence-corrected chi connectivity index (χ2v) is 4.08. The van der Waals surface area contributed by atoms with Crippen LogP contribution in [0.1, 0.15) is 20.8 Å². The summed E-state index contributed by atoms with van der Waals surface area (Å²) in [7, 11) is 1.59. The Hall–Kier alpha value is -1.29. The van der Waals surface area contributed by atoms with Gasteiger partial charge in [-0.05, 0) is 32.9 Å². The van der Waals surface area contributed by atoms with Crippen LogP contribution in [0.4, 0.5) is 5.82 Å². The molecule has 4 nitrogen and oxygen atoms in total. The van der Waals surface area contributed by atoms with Gasteiger partial charge < -0.3 is 15.2 Å². The van der Waals surface area contributed by atoms with Crippen molar-refractivity contribution in [2.24, 2.45) is 0 Å². The van der Waals surface area contributed by atoms with E-state index < -0.39 is 11.6 Å². The van der Waals surface area contributed by atoms with Crippen LogP contribution in [0.3, 0.4) is 0 Å². The molecule has 2 N–H and O–H groups in total. The lowest BCUT2D eigenvalue weighted by molar-refractivity contribution is 0.132. The molecule has 0 fully saturated rings. The zero-order chi connectivity index (χ0) is 11.5. The van der Waals surface area contributed by atoms with E-state index in [1.807, 2.05) is 19.9 Å². The standard InChI is InChI=1S/C11H18N2O2/c1-8(14)11(2,3)13-10-9(15-4)6-5-7-12-10/h5-8,14H,1-4H3,(H,12,13). The second-order valence-electron chi connectivity index (χ2n) is 4.08. The van der Waals surface area contributed by atoms with Gasteiger partial charge in [-0.1, -0.05) is 0 Å². The molecule has 1 aromatic heterocycles. The van der Waals surface area contributed by atoms with Crippen molar-refractivity contribution in [3.63, 3.8) is 0 Å². The first-order valence-electron chi connectivity index (χ1n) is 4.92. The molecule has 84 valence electrons. The molecular weight excluding hydrogens is 192 g/mol. The van der Waals surface area contributed by atoms with E-state index >= 15 is 0 Å². The Balaban J connectivity index is 2.89. The normalized spacial score (nSPS) is 13.4. The van der Waals surface area contributed by atoms with E-state index in [-0.39, 0.29) is 0 Å². The maximum absolute atomic E-state index is 9.57. The number of methoxy groups -OCH3 is 1. The lowest BCUT2D eigenvalue weighted by atomic mass is 9.99. The topological polar surface area (TPSA) is 54.4 Å². The van der Waals surface area contributed by atoms with Gasteiger partial charge in [0.1, 0.15) is 0 Å². The maximum Gasteiger partial charge on any atom is 0.169 e. The summed E-state index contributed by atoms with van der Waals surface area (Å²) in [5.74, 6) is 1.32. The Morgan fingerprint density at radius 2 is 2.20 bits per heavy atom. The Labute approximate surface area is 90.3 Å². The average molecular weight is 210 g/mol. The maximum atomic E-state index is 9.57. The van der Waals surface area contributed by atoms with Crippen LogP contribution in [0, 0.1) is 0 Å². The molecule has 0 spiro atoms. The van der Waals surface area contributed by atoms with E-state index in [2.05, 4.69) is 10.3 Å². The monoisotopic (exact) mass is 210 g/mol. The Bertz CT molecular complexity index is 324. The number of aliphatic hydroxyl groups is 1. The summed E-state index contributed by atoms with van der Waals surface area (Å²) >= 11 is 0. The summed E-state index contributed by atoms with van der Waals surface area (Å²) in [4.78, 5) is 4.17. The van der Waals surface area contributed by atoms with Crippen LogP contribution in [0.25, 0.3) is 0 Å². The number of ether oxygens (including phenoxy) is 1. The number of aliphatic hydroxyl groups excluding tert-OH is 1. The molecule has 0 aromatic carbocycles. The van der Waals surface area contributed by atoms with Gasteiger partial charge in [0, 0.05) is 6.20 Å². The first kappa shape index (κ1) is 11.8.